The molecule has 2 saturated carbocycles. The van der Waals surface area contributed by atoms with Gasteiger partial charge in [-0.3, -0.25) is 0 Å². The van der Waals surface area contributed by atoms with Gasteiger partial charge in [-0.25, -0.2) is 4.79 Å². The summed E-state index contributed by atoms with van der Waals surface area (Å²) >= 11 is 0. The zero-order valence-electron chi connectivity index (χ0n) is 17.4. The van der Waals surface area contributed by atoms with Crippen molar-refractivity contribution in [3.8, 4) is 0 Å². The van der Waals surface area contributed by atoms with E-state index in [9.17, 15) is 4.79 Å². The zero-order valence-corrected chi connectivity index (χ0v) is 17.4. The molecule has 4 rings (SSSR count). The smallest absolute Gasteiger partial charge is 0.335 e. The molecule has 0 radical (unpaired) electrons. The summed E-state index contributed by atoms with van der Waals surface area (Å²) in [5.41, 5.74) is 1.55. The van der Waals surface area contributed by atoms with Gasteiger partial charge in [0.05, 0.1) is 12.9 Å². The maximum Gasteiger partial charge on any atom is 0.335 e. The van der Waals surface area contributed by atoms with Gasteiger partial charge < -0.3 is 14.1 Å². The highest BCUT2D eigenvalue weighted by molar-refractivity contribution is 5.08. The molecule has 1 aromatic heterocycles. The molecule has 2 aliphatic carbocycles. The van der Waals surface area contributed by atoms with Crippen LogP contribution < -0.4 is 5.63 Å². The van der Waals surface area contributed by atoms with Crippen LogP contribution in [0, 0.1) is 17.3 Å². The molecular weight excluding hydrogens is 350 g/mol. The second-order valence-corrected chi connectivity index (χ2v) is 9.68. The lowest BCUT2D eigenvalue weighted by Crippen LogP contribution is -2.34. The van der Waals surface area contributed by atoms with Crippen molar-refractivity contribution in [1.29, 1.82) is 0 Å². The maximum absolute atomic E-state index is 11.1. The quantitative estimate of drug-likeness (QED) is 0.638. The van der Waals surface area contributed by atoms with Gasteiger partial charge in [-0.2, -0.15) is 0 Å². The Morgan fingerprint density at radius 3 is 2.32 bits per heavy atom. The lowest BCUT2D eigenvalue weighted by molar-refractivity contribution is 0.0281. The van der Waals surface area contributed by atoms with Gasteiger partial charge in [0.2, 0.25) is 0 Å². The van der Waals surface area contributed by atoms with Crippen LogP contribution in [0.4, 0.5) is 0 Å². The molecule has 3 aliphatic rings. The molecule has 28 heavy (non-hydrogen) atoms. The van der Waals surface area contributed by atoms with E-state index in [1.54, 1.807) is 12.3 Å². The van der Waals surface area contributed by atoms with E-state index in [0.29, 0.717) is 5.41 Å². The van der Waals surface area contributed by atoms with Crippen molar-refractivity contribution in [3.05, 3.63) is 34.4 Å². The average Bonchev–Trinajstić information content (AvgIpc) is 3.24. The Hall–Kier alpha value is -1.13. The fourth-order valence-electron chi connectivity index (χ4n) is 5.74. The molecule has 1 aromatic rings. The predicted molar refractivity (Wildman–Crippen MR) is 112 cm³/mol. The Balaban J connectivity index is 1.13. The Bertz CT molecular complexity index is 626. The standard InChI is InChI=1S/C24H37NO3/c26-23-4-3-22(19-28-23)17-20-5-9-24(10-6-20)11-7-21(8-12-24)18-27-16-15-25-13-1-2-14-25/h3-4,19-21H,1-2,5-18H2. The maximum atomic E-state index is 11.1. The third-order valence-electron chi connectivity index (χ3n) is 7.72. The predicted octanol–water partition coefficient (Wildman–Crippen LogP) is 4.66. The molecule has 0 aromatic carbocycles. The molecule has 4 nitrogen and oxygen atoms in total. The second-order valence-electron chi connectivity index (χ2n) is 9.68. The number of hydrogen-bond donors (Lipinski definition) is 0. The van der Waals surface area contributed by atoms with Gasteiger partial charge in [-0.15, -0.1) is 0 Å². The highest BCUT2D eigenvalue weighted by Crippen LogP contribution is 2.50. The lowest BCUT2D eigenvalue weighted by atomic mass is 9.61. The third-order valence-corrected chi connectivity index (χ3v) is 7.72. The third kappa shape index (κ3) is 5.48. The molecular formula is C24H37NO3. The van der Waals surface area contributed by atoms with Crippen molar-refractivity contribution in [1.82, 2.24) is 4.90 Å². The van der Waals surface area contributed by atoms with Gasteiger partial charge in [0.1, 0.15) is 0 Å². The van der Waals surface area contributed by atoms with Crippen LogP contribution in [0.15, 0.2) is 27.6 Å². The van der Waals surface area contributed by atoms with E-state index >= 15 is 0 Å². The van der Waals surface area contributed by atoms with Crippen molar-refractivity contribution < 1.29 is 9.15 Å². The summed E-state index contributed by atoms with van der Waals surface area (Å²) in [6, 6.07) is 3.49. The largest absolute Gasteiger partial charge is 0.431 e. The van der Waals surface area contributed by atoms with Crippen LogP contribution in [0.3, 0.4) is 0 Å². The highest BCUT2D eigenvalue weighted by Gasteiger charge is 2.38. The Kier molecular flexibility index (Phi) is 6.90. The lowest BCUT2D eigenvalue weighted by Gasteiger charge is -2.45. The van der Waals surface area contributed by atoms with E-state index in [1.807, 2.05) is 6.07 Å². The van der Waals surface area contributed by atoms with Crippen molar-refractivity contribution in [2.24, 2.45) is 17.3 Å². The molecule has 0 atom stereocenters. The van der Waals surface area contributed by atoms with Crippen molar-refractivity contribution in [3.63, 3.8) is 0 Å². The summed E-state index contributed by atoms with van der Waals surface area (Å²) in [6.07, 6.45) is 16.4. The fraction of sp³-hybridized carbons (Fsp3) is 0.792. The Morgan fingerprint density at radius 2 is 1.68 bits per heavy atom. The van der Waals surface area contributed by atoms with Gasteiger partial charge in [-0.1, -0.05) is 0 Å². The van der Waals surface area contributed by atoms with Gasteiger partial charge in [0.25, 0.3) is 0 Å². The first-order valence-corrected chi connectivity index (χ1v) is 11.6. The van der Waals surface area contributed by atoms with E-state index < -0.39 is 0 Å². The van der Waals surface area contributed by atoms with Crippen molar-refractivity contribution in [2.75, 3.05) is 32.8 Å². The molecule has 3 fully saturated rings. The Labute approximate surface area is 169 Å². The number of nitrogens with zero attached hydrogens (tertiary/aromatic N) is 1. The summed E-state index contributed by atoms with van der Waals surface area (Å²) in [5.74, 6) is 1.54. The number of rotatable bonds is 7. The average molecular weight is 388 g/mol. The van der Waals surface area contributed by atoms with Crippen LogP contribution in [-0.2, 0) is 11.2 Å². The first kappa shape index (κ1) is 20.2. The zero-order chi connectivity index (χ0) is 19.2. The molecule has 156 valence electrons. The normalized spacial score (nSPS) is 31.4. The first-order chi connectivity index (χ1) is 13.7. The summed E-state index contributed by atoms with van der Waals surface area (Å²) in [6.45, 7) is 5.57. The molecule has 1 aliphatic heterocycles. The summed E-state index contributed by atoms with van der Waals surface area (Å²) in [5, 5.41) is 0. The van der Waals surface area contributed by atoms with Crippen LogP contribution in [-0.4, -0.2) is 37.7 Å². The Morgan fingerprint density at radius 1 is 1.00 bits per heavy atom. The minimum atomic E-state index is -0.247. The highest BCUT2D eigenvalue weighted by atomic mass is 16.5. The SMILES string of the molecule is O=c1ccc(CC2CCC3(CCC(COCCN4CCCC4)CC3)CC2)co1. The molecule has 1 spiro atoms. The van der Waals surface area contributed by atoms with Gasteiger partial charge in [-0.05, 0) is 113 Å². The fourth-order valence-corrected chi connectivity index (χ4v) is 5.74. The molecule has 0 unspecified atom stereocenters. The molecule has 0 N–H and O–H groups in total. The van der Waals surface area contributed by atoms with Crippen LogP contribution in [0.5, 0.6) is 0 Å². The monoisotopic (exact) mass is 387 g/mol. The van der Waals surface area contributed by atoms with Crippen molar-refractivity contribution >= 4 is 0 Å². The van der Waals surface area contributed by atoms with Gasteiger partial charge >= 0.3 is 5.63 Å². The van der Waals surface area contributed by atoms with E-state index in [-0.39, 0.29) is 5.63 Å². The number of ether oxygens (including phenoxy) is 1. The molecule has 4 heteroatoms. The van der Waals surface area contributed by atoms with Crippen LogP contribution in [0.1, 0.15) is 69.8 Å². The van der Waals surface area contributed by atoms with E-state index in [0.717, 1.165) is 38.0 Å². The molecule has 2 heterocycles. The number of hydrogen-bond acceptors (Lipinski definition) is 4. The van der Waals surface area contributed by atoms with E-state index in [2.05, 4.69) is 4.90 Å². The van der Waals surface area contributed by atoms with Crippen molar-refractivity contribution in [2.45, 2.75) is 70.6 Å². The molecule has 0 amide bonds. The number of likely N-dealkylation sites (tertiary alicyclic amines) is 1. The minimum absolute atomic E-state index is 0.247. The topological polar surface area (TPSA) is 42.7 Å². The second kappa shape index (κ2) is 9.58. The first-order valence-electron chi connectivity index (χ1n) is 11.6. The summed E-state index contributed by atoms with van der Waals surface area (Å²) < 4.78 is 11.1. The van der Waals surface area contributed by atoms with Gasteiger partial charge in [0.15, 0.2) is 0 Å². The minimum Gasteiger partial charge on any atom is -0.431 e. The summed E-state index contributed by atoms with van der Waals surface area (Å²) in [7, 11) is 0. The van der Waals surface area contributed by atoms with Crippen LogP contribution in [0.25, 0.3) is 0 Å². The van der Waals surface area contributed by atoms with Crippen LogP contribution in [0.2, 0.25) is 0 Å². The molecule has 1 saturated heterocycles. The molecule has 0 bridgehead atoms. The summed E-state index contributed by atoms with van der Waals surface area (Å²) in [4.78, 5) is 13.6. The van der Waals surface area contributed by atoms with E-state index in [1.165, 1.54) is 82.9 Å². The van der Waals surface area contributed by atoms with Crippen LogP contribution >= 0.6 is 0 Å². The van der Waals surface area contributed by atoms with Gasteiger partial charge in [0, 0.05) is 19.2 Å². The van der Waals surface area contributed by atoms with E-state index in [4.69, 9.17) is 9.15 Å².